The third-order valence-electron chi connectivity index (χ3n) is 3.38. The number of anilines is 1. The lowest BCUT2D eigenvalue weighted by molar-refractivity contribution is 0.481. The van der Waals surface area contributed by atoms with Crippen molar-refractivity contribution in [3.8, 4) is 5.75 Å². The predicted molar refractivity (Wildman–Crippen MR) is 84.3 cm³/mol. The SMILES string of the molecule is Oc1cccc2c(NCc3ccc(F)cc3Cl)cccc12. The summed E-state index contributed by atoms with van der Waals surface area (Å²) in [5.41, 5.74) is 1.71. The third kappa shape index (κ3) is 2.78. The number of rotatable bonds is 3. The Morgan fingerprint density at radius 2 is 1.76 bits per heavy atom. The van der Waals surface area contributed by atoms with Crippen molar-refractivity contribution in [3.05, 3.63) is 71.0 Å². The number of hydrogen-bond donors (Lipinski definition) is 2. The summed E-state index contributed by atoms with van der Waals surface area (Å²) in [6, 6.07) is 15.4. The molecule has 0 aliphatic heterocycles. The molecule has 0 bridgehead atoms. The van der Waals surface area contributed by atoms with E-state index in [0.717, 1.165) is 22.0 Å². The summed E-state index contributed by atoms with van der Waals surface area (Å²) in [5.74, 6) is -0.102. The van der Waals surface area contributed by atoms with Gasteiger partial charge in [-0.2, -0.15) is 0 Å². The molecule has 0 radical (unpaired) electrons. The Bertz CT molecular complexity index is 804. The van der Waals surface area contributed by atoms with Crippen molar-refractivity contribution in [1.82, 2.24) is 0 Å². The third-order valence-corrected chi connectivity index (χ3v) is 3.74. The smallest absolute Gasteiger partial charge is 0.124 e. The Morgan fingerprint density at radius 3 is 2.57 bits per heavy atom. The number of aromatic hydroxyl groups is 1. The van der Waals surface area contributed by atoms with E-state index in [0.29, 0.717) is 11.6 Å². The zero-order chi connectivity index (χ0) is 14.8. The van der Waals surface area contributed by atoms with Crippen molar-refractivity contribution in [2.45, 2.75) is 6.54 Å². The van der Waals surface area contributed by atoms with Gasteiger partial charge in [-0.25, -0.2) is 4.39 Å². The molecule has 21 heavy (non-hydrogen) atoms. The average molecular weight is 302 g/mol. The highest BCUT2D eigenvalue weighted by atomic mass is 35.5. The van der Waals surface area contributed by atoms with E-state index in [9.17, 15) is 9.50 Å². The van der Waals surface area contributed by atoms with E-state index in [2.05, 4.69) is 5.32 Å². The van der Waals surface area contributed by atoms with Crippen LogP contribution in [0.3, 0.4) is 0 Å². The molecule has 0 heterocycles. The van der Waals surface area contributed by atoms with Crippen LogP contribution in [0.25, 0.3) is 10.8 Å². The molecule has 0 spiro atoms. The number of phenolic OH excluding ortho intramolecular Hbond substituents is 1. The molecule has 0 aliphatic rings. The van der Waals surface area contributed by atoms with Gasteiger partial charge in [0.25, 0.3) is 0 Å². The molecular weight excluding hydrogens is 289 g/mol. The number of halogens is 2. The molecule has 3 rings (SSSR count). The van der Waals surface area contributed by atoms with E-state index in [1.165, 1.54) is 12.1 Å². The highest BCUT2D eigenvalue weighted by Crippen LogP contribution is 2.30. The molecule has 3 aromatic rings. The van der Waals surface area contributed by atoms with Crippen molar-refractivity contribution < 1.29 is 9.50 Å². The van der Waals surface area contributed by atoms with Crippen LogP contribution in [0.4, 0.5) is 10.1 Å². The van der Waals surface area contributed by atoms with E-state index >= 15 is 0 Å². The van der Waals surface area contributed by atoms with Crippen LogP contribution in [-0.4, -0.2) is 5.11 Å². The minimum Gasteiger partial charge on any atom is -0.507 e. The van der Waals surface area contributed by atoms with Crippen LogP contribution in [0.2, 0.25) is 5.02 Å². The Morgan fingerprint density at radius 1 is 1.00 bits per heavy atom. The molecule has 4 heteroatoms. The largest absolute Gasteiger partial charge is 0.507 e. The normalized spacial score (nSPS) is 10.8. The maximum absolute atomic E-state index is 13.0. The summed E-state index contributed by atoms with van der Waals surface area (Å²) in [4.78, 5) is 0. The number of phenols is 1. The first-order valence-electron chi connectivity index (χ1n) is 6.53. The lowest BCUT2D eigenvalue weighted by Gasteiger charge is -2.11. The highest BCUT2D eigenvalue weighted by Gasteiger charge is 2.06. The Labute approximate surface area is 126 Å². The van der Waals surface area contributed by atoms with Crippen molar-refractivity contribution >= 4 is 28.1 Å². The van der Waals surface area contributed by atoms with E-state index in [4.69, 9.17) is 11.6 Å². The number of hydrogen-bond acceptors (Lipinski definition) is 2. The maximum Gasteiger partial charge on any atom is 0.124 e. The second-order valence-electron chi connectivity index (χ2n) is 4.77. The first-order chi connectivity index (χ1) is 10.1. The van der Waals surface area contributed by atoms with Gasteiger partial charge in [0.2, 0.25) is 0 Å². The summed E-state index contributed by atoms with van der Waals surface area (Å²) < 4.78 is 13.0. The zero-order valence-corrected chi connectivity index (χ0v) is 11.9. The van der Waals surface area contributed by atoms with Gasteiger partial charge in [-0.3, -0.25) is 0 Å². The van der Waals surface area contributed by atoms with Crippen LogP contribution in [0, 0.1) is 5.82 Å². The van der Waals surface area contributed by atoms with Crippen molar-refractivity contribution in [1.29, 1.82) is 0 Å². The van der Waals surface area contributed by atoms with Crippen LogP contribution < -0.4 is 5.32 Å². The highest BCUT2D eigenvalue weighted by molar-refractivity contribution is 6.31. The monoisotopic (exact) mass is 301 g/mol. The fraction of sp³-hybridized carbons (Fsp3) is 0.0588. The minimum absolute atomic E-state index is 0.246. The maximum atomic E-state index is 13.0. The zero-order valence-electron chi connectivity index (χ0n) is 11.1. The summed E-state index contributed by atoms with van der Waals surface area (Å²) in [6.07, 6.45) is 0. The molecule has 0 aromatic heterocycles. The molecular formula is C17H13ClFNO. The molecule has 0 unspecified atom stereocenters. The van der Waals surface area contributed by atoms with E-state index in [1.807, 2.05) is 24.3 Å². The summed E-state index contributed by atoms with van der Waals surface area (Å²) in [6.45, 7) is 0.480. The van der Waals surface area contributed by atoms with Crippen molar-refractivity contribution in [2.24, 2.45) is 0 Å². The summed E-state index contributed by atoms with van der Waals surface area (Å²) in [7, 11) is 0. The van der Waals surface area contributed by atoms with Gasteiger partial charge in [-0.15, -0.1) is 0 Å². The fourth-order valence-electron chi connectivity index (χ4n) is 2.30. The van der Waals surface area contributed by atoms with Gasteiger partial charge in [-0.1, -0.05) is 41.9 Å². The molecule has 0 atom stereocenters. The summed E-state index contributed by atoms with van der Waals surface area (Å²) >= 11 is 6.02. The molecule has 106 valence electrons. The fourth-order valence-corrected chi connectivity index (χ4v) is 2.54. The van der Waals surface area contributed by atoms with E-state index in [-0.39, 0.29) is 11.6 Å². The second kappa shape index (κ2) is 5.62. The molecule has 0 saturated heterocycles. The Balaban J connectivity index is 1.90. The van der Waals surface area contributed by atoms with Crippen LogP contribution >= 0.6 is 11.6 Å². The van der Waals surface area contributed by atoms with Crippen LogP contribution in [-0.2, 0) is 6.54 Å². The predicted octanol–water partition coefficient (Wildman–Crippen LogP) is 4.95. The van der Waals surface area contributed by atoms with Gasteiger partial charge in [0.1, 0.15) is 11.6 Å². The van der Waals surface area contributed by atoms with Gasteiger partial charge in [0, 0.05) is 28.0 Å². The molecule has 0 aliphatic carbocycles. The van der Waals surface area contributed by atoms with E-state index in [1.54, 1.807) is 18.2 Å². The minimum atomic E-state index is -0.348. The quantitative estimate of drug-likeness (QED) is 0.717. The van der Waals surface area contributed by atoms with Crippen LogP contribution in [0.15, 0.2) is 54.6 Å². The van der Waals surface area contributed by atoms with Gasteiger partial charge < -0.3 is 10.4 Å². The average Bonchev–Trinajstić information content (AvgIpc) is 2.47. The molecule has 0 fully saturated rings. The van der Waals surface area contributed by atoms with Crippen molar-refractivity contribution in [2.75, 3.05) is 5.32 Å². The van der Waals surface area contributed by atoms with Gasteiger partial charge in [-0.05, 0) is 29.8 Å². The first kappa shape index (κ1) is 13.7. The van der Waals surface area contributed by atoms with Crippen molar-refractivity contribution in [3.63, 3.8) is 0 Å². The van der Waals surface area contributed by atoms with Gasteiger partial charge in [0.15, 0.2) is 0 Å². The number of nitrogens with one attached hydrogen (secondary N) is 1. The molecule has 0 amide bonds. The van der Waals surface area contributed by atoms with Gasteiger partial charge in [0.05, 0.1) is 0 Å². The molecule has 3 aromatic carbocycles. The second-order valence-corrected chi connectivity index (χ2v) is 5.17. The van der Waals surface area contributed by atoms with Crippen LogP contribution in [0.5, 0.6) is 5.75 Å². The number of benzene rings is 3. The first-order valence-corrected chi connectivity index (χ1v) is 6.91. The number of fused-ring (bicyclic) bond motifs is 1. The summed E-state index contributed by atoms with van der Waals surface area (Å²) in [5, 5.41) is 15.2. The lowest BCUT2D eigenvalue weighted by Crippen LogP contribution is -2.01. The lowest BCUT2D eigenvalue weighted by atomic mass is 10.1. The van der Waals surface area contributed by atoms with E-state index < -0.39 is 0 Å². The molecule has 0 saturated carbocycles. The standard InChI is InChI=1S/C17H13ClFNO/c18-15-9-12(19)8-7-11(15)10-20-16-5-1-4-14-13(16)3-2-6-17(14)21/h1-9,20-21H,10H2. The Hall–Kier alpha value is -2.26. The van der Waals surface area contributed by atoms with Crippen LogP contribution in [0.1, 0.15) is 5.56 Å². The topological polar surface area (TPSA) is 32.3 Å². The molecule has 2 nitrogen and oxygen atoms in total. The van der Waals surface area contributed by atoms with Gasteiger partial charge >= 0.3 is 0 Å². The molecule has 2 N–H and O–H groups in total. The Kier molecular flexibility index (Phi) is 3.67.